The van der Waals surface area contributed by atoms with E-state index in [0.29, 0.717) is 17.4 Å². The molecule has 0 bridgehead atoms. The van der Waals surface area contributed by atoms with Crippen LogP contribution in [0.1, 0.15) is 43.9 Å². The third-order valence-electron chi connectivity index (χ3n) is 6.80. The van der Waals surface area contributed by atoms with Gasteiger partial charge in [0.15, 0.2) is 0 Å². The van der Waals surface area contributed by atoms with Crippen LogP contribution in [0.3, 0.4) is 0 Å². The maximum atomic E-state index is 12.6. The molecule has 1 aliphatic rings. The number of rotatable bonds is 8. The van der Waals surface area contributed by atoms with Crippen molar-refractivity contribution in [3.63, 3.8) is 0 Å². The van der Waals surface area contributed by atoms with Crippen molar-refractivity contribution in [2.24, 2.45) is 0 Å². The molecule has 4 aromatic rings. The Morgan fingerprint density at radius 3 is 2.29 bits per heavy atom. The second kappa shape index (κ2) is 10.7. The van der Waals surface area contributed by atoms with E-state index in [-0.39, 0.29) is 5.97 Å². The minimum absolute atomic E-state index is 0.136. The van der Waals surface area contributed by atoms with Gasteiger partial charge >= 0.3 is 12.1 Å². The van der Waals surface area contributed by atoms with E-state index in [1.165, 1.54) is 0 Å². The van der Waals surface area contributed by atoms with Crippen LogP contribution in [0.5, 0.6) is 0 Å². The lowest BCUT2D eigenvalue weighted by Gasteiger charge is -2.16. The Bertz CT molecular complexity index is 1440. The Balaban J connectivity index is 1.26. The first-order valence-electron chi connectivity index (χ1n) is 12.6. The highest BCUT2D eigenvalue weighted by atomic mass is 35.5. The van der Waals surface area contributed by atoms with Gasteiger partial charge in [0.25, 0.3) is 0 Å². The summed E-state index contributed by atoms with van der Waals surface area (Å²) < 4.78 is 12.4. The number of carbonyl (C=O) groups excluding carboxylic acids is 2. The number of aromatic nitrogens is 2. The third kappa shape index (κ3) is 5.15. The first-order chi connectivity index (χ1) is 18.4. The number of ether oxygens (including phenoxy) is 2. The van der Waals surface area contributed by atoms with E-state index < -0.39 is 17.6 Å². The lowest BCUT2D eigenvalue weighted by Crippen LogP contribution is -2.23. The van der Waals surface area contributed by atoms with Crippen molar-refractivity contribution in [2.75, 3.05) is 11.9 Å². The van der Waals surface area contributed by atoms with Crippen molar-refractivity contribution in [3.05, 3.63) is 101 Å². The largest absolute Gasteiger partial charge is 0.465 e. The highest BCUT2D eigenvalue weighted by molar-refractivity contribution is 6.31. The zero-order valence-corrected chi connectivity index (χ0v) is 21.9. The van der Waals surface area contributed by atoms with Crippen molar-refractivity contribution in [3.8, 4) is 16.8 Å². The fourth-order valence-corrected chi connectivity index (χ4v) is 4.84. The molecule has 0 aliphatic heterocycles. The number of esters is 1. The van der Waals surface area contributed by atoms with Crippen LogP contribution in [0, 0.1) is 0 Å². The second-order valence-corrected chi connectivity index (χ2v) is 9.66. The van der Waals surface area contributed by atoms with Crippen LogP contribution >= 0.6 is 11.6 Å². The second-order valence-electron chi connectivity index (χ2n) is 9.25. The van der Waals surface area contributed by atoms with Gasteiger partial charge < -0.3 is 9.47 Å². The molecule has 38 heavy (non-hydrogen) atoms. The summed E-state index contributed by atoms with van der Waals surface area (Å²) in [4.78, 5) is 25.0. The normalized spacial score (nSPS) is 14.4. The predicted molar refractivity (Wildman–Crippen MR) is 147 cm³/mol. The lowest BCUT2D eigenvalue weighted by atomic mass is 9.93. The molecule has 7 nitrogen and oxygen atoms in total. The summed E-state index contributed by atoms with van der Waals surface area (Å²) in [7, 11) is 0. The van der Waals surface area contributed by atoms with Crippen molar-refractivity contribution in [2.45, 2.75) is 38.2 Å². The molecule has 0 spiro atoms. The molecule has 3 aromatic carbocycles. The van der Waals surface area contributed by atoms with E-state index >= 15 is 0 Å². The van der Waals surface area contributed by atoms with Crippen LogP contribution in [0.15, 0.2) is 85.1 Å². The minimum Gasteiger partial charge on any atom is -0.465 e. The number of nitrogens with one attached hydrogen (secondary N) is 1. The number of anilines is 1. The number of hydrogen-bond donors (Lipinski definition) is 1. The Morgan fingerprint density at radius 1 is 1.00 bits per heavy atom. The van der Waals surface area contributed by atoms with Crippen LogP contribution in [-0.4, -0.2) is 28.4 Å². The van der Waals surface area contributed by atoms with Crippen molar-refractivity contribution in [1.82, 2.24) is 9.78 Å². The summed E-state index contributed by atoms with van der Waals surface area (Å²) in [6.07, 6.45) is 2.14. The number of hydrogen-bond acceptors (Lipinski definition) is 5. The summed E-state index contributed by atoms with van der Waals surface area (Å²) in [5.41, 5.74) is 4.10. The van der Waals surface area contributed by atoms with Crippen LogP contribution in [-0.2, 0) is 19.7 Å². The smallest absolute Gasteiger partial charge is 0.413 e. The van der Waals surface area contributed by atoms with Crippen LogP contribution in [0.2, 0.25) is 5.02 Å². The van der Waals surface area contributed by atoms with Crippen LogP contribution in [0.4, 0.5) is 10.6 Å². The average molecular weight is 530 g/mol. The molecule has 1 amide bonds. The highest BCUT2D eigenvalue weighted by Gasteiger charge is 2.52. The maximum Gasteiger partial charge on any atom is 0.413 e. The van der Waals surface area contributed by atoms with Crippen molar-refractivity contribution in [1.29, 1.82) is 0 Å². The quantitative estimate of drug-likeness (QED) is 0.246. The SMILES string of the molecule is CCOC(=O)C1(c2ccc(-c3ccc(-n4nccc4NC(=O)OC(C)c4ccccc4Cl)cc3)cc2)CC1. The molecule has 1 aliphatic carbocycles. The molecule has 5 rings (SSSR count). The maximum absolute atomic E-state index is 12.6. The van der Waals surface area contributed by atoms with Crippen LogP contribution in [0.25, 0.3) is 16.8 Å². The van der Waals surface area contributed by atoms with Gasteiger partial charge in [-0.15, -0.1) is 0 Å². The summed E-state index contributed by atoms with van der Waals surface area (Å²) in [6, 6.07) is 24.9. The highest BCUT2D eigenvalue weighted by Crippen LogP contribution is 2.49. The number of amides is 1. The molecule has 1 N–H and O–H groups in total. The molecule has 1 fully saturated rings. The van der Waals surface area contributed by atoms with E-state index in [0.717, 1.165) is 40.8 Å². The van der Waals surface area contributed by atoms with Crippen molar-refractivity contribution < 1.29 is 19.1 Å². The molecular formula is C30H28ClN3O4. The Morgan fingerprint density at radius 2 is 1.66 bits per heavy atom. The average Bonchev–Trinajstić information content (AvgIpc) is 3.62. The summed E-state index contributed by atoms with van der Waals surface area (Å²) >= 11 is 6.22. The third-order valence-corrected chi connectivity index (χ3v) is 7.14. The summed E-state index contributed by atoms with van der Waals surface area (Å²) in [6.45, 7) is 3.99. The van der Waals surface area contributed by atoms with Gasteiger partial charge in [0, 0.05) is 16.7 Å². The Kier molecular flexibility index (Phi) is 7.20. The Hall–Kier alpha value is -4.10. The fourth-order valence-electron chi connectivity index (χ4n) is 4.55. The number of carbonyl (C=O) groups is 2. The van der Waals surface area contributed by atoms with Gasteiger partial charge in [-0.1, -0.05) is 66.2 Å². The van der Waals surface area contributed by atoms with Gasteiger partial charge in [0.05, 0.1) is 23.9 Å². The van der Waals surface area contributed by atoms with Gasteiger partial charge in [-0.2, -0.15) is 5.10 Å². The van der Waals surface area contributed by atoms with E-state index in [4.69, 9.17) is 21.1 Å². The summed E-state index contributed by atoms with van der Waals surface area (Å²) in [5.74, 6) is 0.343. The van der Waals surface area contributed by atoms with E-state index in [1.54, 1.807) is 29.9 Å². The molecule has 194 valence electrons. The first-order valence-corrected chi connectivity index (χ1v) is 12.9. The topological polar surface area (TPSA) is 82.5 Å². The number of nitrogens with zero attached hydrogens (tertiary/aromatic N) is 2. The first kappa shape index (κ1) is 25.5. The predicted octanol–water partition coefficient (Wildman–Crippen LogP) is 7.10. The fraction of sp³-hybridized carbons (Fsp3) is 0.233. The number of benzene rings is 3. The lowest BCUT2D eigenvalue weighted by molar-refractivity contribution is -0.146. The van der Waals surface area contributed by atoms with E-state index in [2.05, 4.69) is 10.4 Å². The monoisotopic (exact) mass is 529 g/mol. The molecule has 0 saturated heterocycles. The van der Waals surface area contributed by atoms with Crippen LogP contribution < -0.4 is 5.32 Å². The standard InChI is InChI=1S/C30H28ClN3O4/c1-3-37-28(35)30(17-18-30)23-12-8-21(9-13-23)22-10-14-24(15-11-22)34-27(16-19-32-34)33-29(36)38-20(2)25-6-4-5-7-26(25)31/h4-16,19-20H,3,17-18H2,1-2H3,(H,33,36). The molecule has 0 radical (unpaired) electrons. The van der Waals surface area contributed by atoms with E-state index in [9.17, 15) is 9.59 Å². The number of halogens is 1. The van der Waals surface area contributed by atoms with Gasteiger partial charge in [-0.25, -0.2) is 9.48 Å². The molecule has 1 atom stereocenters. The van der Waals surface area contributed by atoms with Gasteiger partial charge in [-0.05, 0) is 61.6 Å². The molecule has 1 heterocycles. The summed E-state index contributed by atoms with van der Waals surface area (Å²) in [5, 5.41) is 7.65. The van der Waals surface area contributed by atoms with Gasteiger partial charge in [0.2, 0.25) is 0 Å². The zero-order valence-electron chi connectivity index (χ0n) is 21.2. The Labute approximate surface area is 226 Å². The molecule has 1 unspecified atom stereocenters. The van der Waals surface area contributed by atoms with Gasteiger partial charge in [0.1, 0.15) is 11.9 Å². The molecule has 8 heteroatoms. The van der Waals surface area contributed by atoms with Crippen molar-refractivity contribution >= 4 is 29.5 Å². The van der Waals surface area contributed by atoms with E-state index in [1.807, 2.05) is 73.7 Å². The molecule has 1 saturated carbocycles. The van der Waals surface area contributed by atoms with Gasteiger partial charge in [-0.3, -0.25) is 10.1 Å². The molecule has 1 aromatic heterocycles. The molecular weight excluding hydrogens is 502 g/mol. The zero-order chi connectivity index (χ0) is 26.7. The minimum atomic E-state index is -0.605.